The summed E-state index contributed by atoms with van der Waals surface area (Å²) >= 11 is 7.16. The minimum atomic E-state index is 0.160. The largest absolute Gasteiger partial charge is 0.506 e. The first-order valence-electron chi connectivity index (χ1n) is 8.37. The number of nitrogens with zero attached hydrogens (tertiary/aromatic N) is 2. The zero-order chi connectivity index (χ0) is 18.5. The maximum absolute atomic E-state index is 10.1. The fourth-order valence-corrected chi connectivity index (χ4v) is 4.24. The molecule has 0 atom stereocenters. The molecule has 3 nitrogen and oxygen atoms in total. The van der Waals surface area contributed by atoms with Gasteiger partial charge in [0.05, 0.1) is 11.4 Å². The van der Waals surface area contributed by atoms with Crippen LogP contribution in [0.15, 0.2) is 80.8 Å². The Bertz CT molecular complexity index is 1210. The van der Waals surface area contributed by atoms with Gasteiger partial charge in [-0.2, -0.15) is 0 Å². The van der Waals surface area contributed by atoms with E-state index >= 15 is 0 Å². The molecule has 1 aromatic heterocycles. The van der Waals surface area contributed by atoms with E-state index < -0.39 is 0 Å². The van der Waals surface area contributed by atoms with Crippen LogP contribution in [0.5, 0.6) is 5.75 Å². The molecule has 0 aliphatic heterocycles. The predicted octanol–water partition coefficient (Wildman–Crippen LogP) is 6.61. The standard InChI is InChI=1S/C22H12Br2N2O/c23-12-3-5-14-15-6-4-13(24)11-18(15)21(17(14)10-12)26-19-7-8-20(27)22-16(19)2-1-9-25-22/h1-11,27H. The molecule has 1 aliphatic rings. The third-order valence-corrected chi connectivity index (χ3v) is 5.71. The highest BCUT2D eigenvalue weighted by Gasteiger charge is 2.25. The molecule has 0 bridgehead atoms. The van der Waals surface area contributed by atoms with Gasteiger partial charge in [0.25, 0.3) is 0 Å². The average molecular weight is 480 g/mol. The van der Waals surface area contributed by atoms with E-state index in [0.717, 1.165) is 36.9 Å². The van der Waals surface area contributed by atoms with Crippen molar-refractivity contribution in [3.8, 4) is 16.9 Å². The number of aliphatic imine (C=N–C) groups is 1. The van der Waals surface area contributed by atoms with Crippen molar-refractivity contribution in [3.05, 3.63) is 86.9 Å². The van der Waals surface area contributed by atoms with Crippen molar-refractivity contribution in [2.24, 2.45) is 4.99 Å². The minimum Gasteiger partial charge on any atom is -0.506 e. The highest BCUT2D eigenvalue weighted by Crippen LogP contribution is 2.41. The van der Waals surface area contributed by atoms with Crippen LogP contribution in [0.25, 0.3) is 22.0 Å². The number of pyridine rings is 1. The molecule has 1 aliphatic carbocycles. The quantitative estimate of drug-likeness (QED) is 0.294. The summed E-state index contributed by atoms with van der Waals surface area (Å²) in [6.45, 7) is 0. The molecule has 130 valence electrons. The van der Waals surface area contributed by atoms with Crippen molar-refractivity contribution < 1.29 is 5.11 Å². The first-order chi connectivity index (χ1) is 13.1. The number of phenols is 1. The molecular formula is C22H12Br2N2O. The number of aromatic nitrogens is 1. The van der Waals surface area contributed by atoms with E-state index in [2.05, 4.69) is 61.1 Å². The fraction of sp³-hybridized carbons (Fsp3) is 0. The van der Waals surface area contributed by atoms with Gasteiger partial charge in [-0.15, -0.1) is 0 Å². The summed E-state index contributed by atoms with van der Waals surface area (Å²) in [7, 11) is 0. The van der Waals surface area contributed by atoms with E-state index in [1.807, 2.05) is 30.3 Å². The van der Waals surface area contributed by atoms with Crippen molar-refractivity contribution in [3.63, 3.8) is 0 Å². The molecule has 27 heavy (non-hydrogen) atoms. The van der Waals surface area contributed by atoms with Gasteiger partial charge in [0, 0.05) is 31.7 Å². The van der Waals surface area contributed by atoms with Gasteiger partial charge in [0.2, 0.25) is 0 Å². The lowest BCUT2D eigenvalue weighted by molar-refractivity contribution is 0.480. The van der Waals surface area contributed by atoms with E-state index in [-0.39, 0.29) is 5.75 Å². The van der Waals surface area contributed by atoms with Crippen LogP contribution in [0, 0.1) is 0 Å². The second kappa shape index (κ2) is 6.29. The monoisotopic (exact) mass is 478 g/mol. The molecule has 0 radical (unpaired) electrons. The van der Waals surface area contributed by atoms with Gasteiger partial charge in [-0.05, 0) is 59.7 Å². The van der Waals surface area contributed by atoms with Gasteiger partial charge in [-0.25, -0.2) is 4.99 Å². The Balaban J connectivity index is 1.82. The molecule has 0 unspecified atom stereocenters. The molecule has 1 N–H and O–H groups in total. The molecular weight excluding hydrogens is 468 g/mol. The van der Waals surface area contributed by atoms with E-state index in [1.165, 1.54) is 11.1 Å². The van der Waals surface area contributed by atoms with Crippen molar-refractivity contribution in [1.29, 1.82) is 0 Å². The maximum atomic E-state index is 10.1. The van der Waals surface area contributed by atoms with Gasteiger partial charge in [0.15, 0.2) is 0 Å². The van der Waals surface area contributed by atoms with Gasteiger partial charge < -0.3 is 5.11 Å². The summed E-state index contributed by atoms with van der Waals surface area (Å²) < 4.78 is 2.02. The lowest BCUT2D eigenvalue weighted by Crippen LogP contribution is -1.98. The lowest BCUT2D eigenvalue weighted by atomic mass is 10.1. The molecule has 1 heterocycles. The van der Waals surface area contributed by atoms with Crippen LogP contribution in [-0.4, -0.2) is 15.8 Å². The molecule has 0 amide bonds. The van der Waals surface area contributed by atoms with Crippen LogP contribution in [-0.2, 0) is 0 Å². The Morgan fingerprint density at radius 3 is 2.11 bits per heavy atom. The normalized spacial score (nSPS) is 12.1. The third kappa shape index (κ3) is 2.69. The Morgan fingerprint density at radius 1 is 0.778 bits per heavy atom. The number of aromatic hydroxyl groups is 1. The lowest BCUT2D eigenvalue weighted by Gasteiger charge is -2.07. The smallest absolute Gasteiger partial charge is 0.141 e. The number of benzene rings is 3. The Labute approximate surface area is 172 Å². The first kappa shape index (κ1) is 16.7. The summed E-state index contributed by atoms with van der Waals surface area (Å²) in [5.41, 5.74) is 6.76. The SMILES string of the molecule is Oc1ccc(N=C2c3cc(Br)ccc3-c3ccc(Br)cc32)c2cccnc12. The molecule has 5 heteroatoms. The predicted molar refractivity (Wildman–Crippen MR) is 116 cm³/mol. The summed E-state index contributed by atoms with van der Waals surface area (Å²) in [5.74, 6) is 0.160. The van der Waals surface area contributed by atoms with E-state index in [9.17, 15) is 5.11 Å². The summed E-state index contributed by atoms with van der Waals surface area (Å²) in [6.07, 6.45) is 1.67. The van der Waals surface area contributed by atoms with Crippen LogP contribution < -0.4 is 0 Å². The first-order valence-corrected chi connectivity index (χ1v) is 9.96. The Morgan fingerprint density at radius 2 is 1.44 bits per heavy atom. The van der Waals surface area contributed by atoms with Gasteiger partial charge in [-0.1, -0.05) is 44.0 Å². The summed E-state index contributed by atoms with van der Waals surface area (Å²) in [6, 6.07) is 19.8. The average Bonchev–Trinajstić information content (AvgIpc) is 2.96. The molecule has 0 saturated heterocycles. The highest BCUT2D eigenvalue weighted by molar-refractivity contribution is 9.10. The van der Waals surface area contributed by atoms with E-state index in [0.29, 0.717) is 5.52 Å². The van der Waals surface area contributed by atoms with Gasteiger partial charge in [0.1, 0.15) is 11.3 Å². The molecule has 5 rings (SSSR count). The van der Waals surface area contributed by atoms with Crippen molar-refractivity contribution >= 4 is 54.2 Å². The zero-order valence-electron chi connectivity index (χ0n) is 13.9. The number of phenolic OH excluding ortho intramolecular Hbond substituents is 1. The van der Waals surface area contributed by atoms with Crippen LogP contribution in [0.1, 0.15) is 11.1 Å². The van der Waals surface area contributed by atoms with Crippen LogP contribution >= 0.6 is 31.9 Å². The number of hydrogen-bond acceptors (Lipinski definition) is 3. The summed E-state index contributed by atoms with van der Waals surface area (Å²) in [5, 5.41) is 10.9. The van der Waals surface area contributed by atoms with Crippen LogP contribution in [0.2, 0.25) is 0 Å². The molecule has 0 saturated carbocycles. The zero-order valence-corrected chi connectivity index (χ0v) is 17.1. The molecule has 0 spiro atoms. The van der Waals surface area contributed by atoms with E-state index in [4.69, 9.17) is 4.99 Å². The fourth-order valence-electron chi connectivity index (χ4n) is 3.52. The highest BCUT2D eigenvalue weighted by atomic mass is 79.9. The minimum absolute atomic E-state index is 0.160. The summed E-state index contributed by atoms with van der Waals surface area (Å²) in [4.78, 5) is 9.31. The molecule has 3 aromatic carbocycles. The number of halogens is 2. The van der Waals surface area contributed by atoms with Crippen molar-refractivity contribution in [2.75, 3.05) is 0 Å². The molecule has 0 fully saturated rings. The third-order valence-electron chi connectivity index (χ3n) is 4.72. The Kier molecular flexibility index (Phi) is 3.88. The second-order valence-corrected chi connectivity index (χ2v) is 8.17. The number of hydrogen-bond donors (Lipinski definition) is 1. The number of fused-ring (bicyclic) bond motifs is 4. The molecule has 4 aromatic rings. The van der Waals surface area contributed by atoms with Gasteiger partial charge >= 0.3 is 0 Å². The van der Waals surface area contributed by atoms with Gasteiger partial charge in [-0.3, -0.25) is 4.98 Å². The van der Waals surface area contributed by atoms with Crippen molar-refractivity contribution in [2.45, 2.75) is 0 Å². The number of rotatable bonds is 1. The van der Waals surface area contributed by atoms with Crippen LogP contribution in [0.4, 0.5) is 5.69 Å². The second-order valence-electron chi connectivity index (χ2n) is 6.34. The Hall–Kier alpha value is -2.50. The van der Waals surface area contributed by atoms with Crippen molar-refractivity contribution in [1.82, 2.24) is 4.98 Å². The van der Waals surface area contributed by atoms with E-state index in [1.54, 1.807) is 12.3 Å². The maximum Gasteiger partial charge on any atom is 0.141 e. The topological polar surface area (TPSA) is 45.5 Å². The van der Waals surface area contributed by atoms with Crippen LogP contribution in [0.3, 0.4) is 0 Å².